The summed E-state index contributed by atoms with van der Waals surface area (Å²) in [4.78, 5) is 16.9. The summed E-state index contributed by atoms with van der Waals surface area (Å²) in [6.07, 6.45) is 0.781. The Hall–Kier alpha value is -2.49. The molecule has 0 unspecified atom stereocenters. The van der Waals surface area contributed by atoms with Crippen molar-refractivity contribution in [3.05, 3.63) is 58.6 Å². The van der Waals surface area contributed by atoms with Gasteiger partial charge in [0.2, 0.25) is 10.0 Å². The molecule has 10 heteroatoms. The zero-order chi connectivity index (χ0) is 22.1. The van der Waals surface area contributed by atoms with Gasteiger partial charge in [0.25, 0.3) is 0 Å². The molecular formula is C20H21ClFN3O4S. The second-order valence-electron chi connectivity index (χ2n) is 6.79. The molecule has 1 heterocycles. The number of aromatic nitrogens is 2. The van der Waals surface area contributed by atoms with E-state index in [-0.39, 0.29) is 22.1 Å². The molecule has 3 rings (SSSR count). The lowest BCUT2D eigenvalue weighted by Gasteiger charge is -2.11. The molecule has 1 aromatic heterocycles. The maximum atomic E-state index is 13.9. The first kappa shape index (κ1) is 22.2. The van der Waals surface area contributed by atoms with E-state index in [4.69, 9.17) is 16.3 Å². The number of carbonyl (C=O) groups excluding carboxylic acids is 1. The second-order valence-corrected chi connectivity index (χ2v) is 9.35. The first-order chi connectivity index (χ1) is 14.2. The van der Waals surface area contributed by atoms with Gasteiger partial charge in [-0.2, -0.15) is 0 Å². The molecule has 0 fully saturated rings. The molecule has 3 aromatic rings. The van der Waals surface area contributed by atoms with Crippen LogP contribution in [0.4, 0.5) is 4.39 Å². The van der Waals surface area contributed by atoms with Gasteiger partial charge in [0, 0.05) is 20.6 Å². The number of hydrogen-bond donors (Lipinski definition) is 0. The van der Waals surface area contributed by atoms with Gasteiger partial charge in [0.1, 0.15) is 23.8 Å². The number of rotatable bonds is 7. The fourth-order valence-electron chi connectivity index (χ4n) is 3.01. The van der Waals surface area contributed by atoms with Crippen LogP contribution in [-0.2, 0) is 27.9 Å². The highest BCUT2D eigenvalue weighted by atomic mass is 35.5. The summed E-state index contributed by atoms with van der Waals surface area (Å²) in [5, 5.41) is -0.0411. The van der Waals surface area contributed by atoms with Crippen LogP contribution in [0.2, 0.25) is 5.02 Å². The van der Waals surface area contributed by atoms with E-state index in [0.29, 0.717) is 23.4 Å². The Kier molecular flexibility index (Phi) is 6.44. The number of aryl methyl sites for hydroxylation is 1. The first-order valence-electron chi connectivity index (χ1n) is 9.19. The van der Waals surface area contributed by atoms with Crippen molar-refractivity contribution in [2.24, 2.45) is 0 Å². The van der Waals surface area contributed by atoms with Crippen LogP contribution < -0.4 is 0 Å². The van der Waals surface area contributed by atoms with E-state index in [0.717, 1.165) is 16.8 Å². The minimum atomic E-state index is -3.61. The number of esters is 1. The van der Waals surface area contributed by atoms with Crippen molar-refractivity contribution in [3.8, 4) is 0 Å². The Morgan fingerprint density at radius 3 is 2.63 bits per heavy atom. The molecule has 0 atom stereocenters. The monoisotopic (exact) mass is 453 g/mol. The Morgan fingerprint density at radius 2 is 2.00 bits per heavy atom. The molecule has 30 heavy (non-hydrogen) atoms. The quantitative estimate of drug-likeness (QED) is 0.507. The number of benzene rings is 2. The van der Waals surface area contributed by atoms with Crippen LogP contribution in [0, 0.1) is 5.82 Å². The van der Waals surface area contributed by atoms with Gasteiger partial charge in [-0.1, -0.05) is 24.6 Å². The smallest absolute Gasteiger partial charge is 0.343 e. The number of ether oxygens (including phenoxy) is 1. The molecule has 2 aromatic carbocycles. The normalized spacial score (nSPS) is 11.9. The zero-order valence-electron chi connectivity index (χ0n) is 16.7. The fourth-order valence-corrected chi connectivity index (χ4v) is 4.17. The standard InChI is InChI=1S/C20H21ClFN3O4S/c1-4-10-25-17-9-8-13(30(27,28)24(2)3)11-16(17)23-18(25)12-29-20(26)19-14(21)6-5-7-15(19)22/h5-9,11H,4,10,12H2,1-3H3. The summed E-state index contributed by atoms with van der Waals surface area (Å²) in [6.45, 7) is 2.35. The summed E-state index contributed by atoms with van der Waals surface area (Å²) < 4.78 is 47.0. The van der Waals surface area contributed by atoms with Gasteiger partial charge in [0.15, 0.2) is 0 Å². The van der Waals surface area contributed by atoms with Gasteiger partial charge >= 0.3 is 5.97 Å². The molecule has 0 aliphatic carbocycles. The van der Waals surface area contributed by atoms with Crippen LogP contribution in [0.25, 0.3) is 11.0 Å². The van der Waals surface area contributed by atoms with E-state index in [9.17, 15) is 17.6 Å². The summed E-state index contributed by atoms with van der Waals surface area (Å²) in [5.41, 5.74) is 0.836. The third-order valence-corrected chi connectivity index (χ3v) is 6.65. The van der Waals surface area contributed by atoms with Gasteiger partial charge in [0.05, 0.1) is 21.0 Å². The molecule has 0 radical (unpaired) electrons. The van der Waals surface area contributed by atoms with Crippen molar-refractivity contribution in [1.82, 2.24) is 13.9 Å². The van der Waals surface area contributed by atoms with Crippen LogP contribution in [0.1, 0.15) is 29.5 Å². The van der Waals surface area contributed by atoms with Crippen molar-refractivity contribution in [1.29, 1.82) is 0 Å². The highest BCUT2D eigenvalue weighted by Gasteiger charge is 2.21. The van der Waals surface area contributed by atoms with E-state index in [2.05, 4.69) is 4.98 Å². The molecule has 0 aliphatic rings. The average Bonchev–Trinajstić information content (AvgIpc) is 3.03. The van der Waals surface area contributed by atoms with E-state index in [1.807, 2.05) is 11.5 Å². The molecule has 0 N–H and O–H groups in total. The predicted molar refractivity (Wildman–Crippen MR) is 111 cm³/mol. The van der Waals surface area contributed by atoms with Gasteiger partial charge in [-0.25, -0.2) is 26.9 Å². The van der Waals surface area contributed by atoms with E-state index >= 15 is 0 Å². The van der Waals surface area contributed by atoms with Crippen molar-refractivity contribution >= 4 is 38.6 Å². The molecule has 160 valence electrons. The maximum absolute atomic E-state index is 13.9. The maximum Gasteiger partial charge on any atom is 0.343 e. The van der Waals surface area contributed by atoms with Crippen LogP contribution in [0.3, 0.4) is 0 Å². The fraction of sp³-hybridized carbons (Fsp3) is 0.300. The third-order valence-electron chi connectivity index (χ3n) is 4.52. The molecule has 0 bridgehead atoms. The summed E-state index contributed by atoms with van der Waals surface area (Å²) in [5.74, 6) is -1.25. The number of sulfonamides is 1. The molecule has 7 nitrogen and oxygen atoms in total. The SMILES string of the molecule is CCCn1c(COC(=O)c2c(F)cccc2Cl)nc2cc(S(=O)(=O)N(C)C)ccc21. The Bertz CT molecular complexity index is 1190. The average molecular weight is 454 g/mol. The van der Waals surface area contributed by atoms with E-state index in [1.165, 1.54) is 38.4 Å². The first-order valence-corrected chi connectivity index (χ1v) is 11.0. The van der Waals surface area contributed by atoms with Gasteiger partial charge < -0.3 is 9.30 Å². The predicted octanol–water partition coefficient (Wildman–Crippen LogP) is 3.85. The summed E-state index contributed by atoms with van der Waals surface area (Å²) in [6, 6.07) is 8.60. The number of nitrogens with zero attached hydrogens (tertiary/aromatic N) is 3. The number of imidazole rings is 1. The van der Waals surface area contributed by atoms with Crippen LogP contribution in [-0.4, -0.2) is 42.3 Å². The minimum absolute atomic E-state index is 0.0411. The Balaban J connectivity index is 1.95. The van der Waals surface area contributed by atoms with Crippen molar-refractivity contribution in [2.75, 3.05) is 14.1 Å². The topological polar surface area (TPSA) is 81.5 Å². The zero-order valence-corrected chi connectivity index (χ0v) is 18.3. The number of halogens is 2. The Labute approximate surface area is 179 Å². The molecule has 0 spiro atoms. The second kappa shape index (κ2) is 8.71. The molecule has 0 amide bonds. The molecule has 0 saturated carbocycles. The van der Waals surface area contributed by atoms with Gasteiger partial charge in [-0.15, -0.1) is 0 Å². The largest absolute Gasteiger partial charge is 0.454 e. The van der Waals surface area contributed by atoms with Gasteiger partial charge in [-0.05, 0) is 36.8 Å². The van der Waals surface area contributed by atoms with Gasteiger partial charge in [-0.3, -0.25) is 0 Å². The van der Waals surface area contributed by atoms with Crippen LogP contribution >= 0.6 is 11.6 Å². The lowest BCUT2D eigenvalue weighted by molar-refractivity contribution is 0.0453. The number of fused-ring (bicyclic) bond motifs is 1. The van der Waals surface area contributed by atoms with Crippen molar-refractivity contribution < 1.29 is 22.3 Å². The number of hydrogen-bond acceptors (Lipinski definition) is 5. The minimum Gasteiger partial charge on any atom is -0.454 e. The van der Waals surface area contributed by atoms with Crippen molar-refractivity contribution in [3.63, 3.8) is 0 Å². The molecule has 0 aliphatic heterocycles. The summed E-state index contributed by atoms with van der Waals surface area (Å²) in [7, 11) is -0.708. The van der Waals surface area contributed by atoms with Crippen molar-refractivity contribution in [2.45, 2.75) is 31.4 Å². The number of carbonyl (C=O) groups is 1. The molecule has 0 saturated heterocycles. The highest BCUT2D eigenvalue weighted by molar-refractivity contribution is 7.89. The lowest BCUT2D eigenvalue weighted by Crippen LogP contribution is -2.22. The lowest BCUT2D eigenvalue weighted by atomic mass is 10.2. The Morgan fingerprint density at radius 1 is 1.27 bits per heavy atom. The van der Waals surface area contributed by atoms with Crippen LogP contribution in [0.5, 0.6) is 0 Å². The summed E-state index contributed by atoms with van der Waals surface area (Å²) >= 11 is 5.91. The van der Waals surface area contributed by atoms with E-state index < -0.39 is 21.8 Å². The van der Waals surface area contributed by atoms with Crippen LogP contribution in [0.15, 0.2) is 41.3 Å². The molecular weight excluding hydrogens is 433 g/mol. The van der Waals surface area contributed by atoms with E-state index in [1.54, 1.807) is 6.07 Å². The highest BCUT2D eigenvalue weighted by Crippen LogP contribution is 2.24. The third kappa shape index (κ3) is 4.19.